The van der Waals surface area contributed by atoms with Crippen molar-refractivity contribution in [1.82, 2.24) is 10.6 Å². The van der Waals surface area contributed by atoms with E-state index in [2.05, 4.69) is 10.6 Å². The molecule has 0 unspecified atom stereocenters. The van der Waals surface area contributed by atoms with Gasteiger partial charge in [-0.1, -0.05) is 49.4 Å². The summed E-state index contributed by atoms with van der Waals surface area (Å²) in [7, 11) is 0. The van der Waals surface area contributed by atoms with Crippen molar-refractivity contribution in [2.75, 3.05) is 18.1 Å². The lowest BCUT2D eigenvalue weighted by Crippen LogP contribution is -2.41. The van der Waals surface area contributed by atoms with Crippen LogP contribution in [0.5, 0.6) is 0 Å². The number of hydrogen-bond acceptors (Lipinski definition) is 5. The molecule has 2 aromatic carbocycles. The van der Waals surface area contributed by atoms with Gasteiger partial charge in [0.25, 0.3) is 5.91 Å². The minimum Gasteiger partial charge on any atom is -0.455 e. The third-order valence-electron chi connectivity index (χ3n) is 5.01. The standard InChI is InChI=1S/C23H25N3O5/c1-2-16-8-10-19(11-9-16)26-14-18(12-21(26)28)22(29)31-15-20(27)25-23(30)24-13-17-6-4-3-5-7-17/h3-11,18H,2,12-15H2,1H3,(H2,24,25,27,30)/t18-/m0/s1. The molecule has 1 heterocycles. The molecule has 1 aliphatic rings. The topological polar surface area (TPSA) is 105 Å². The second kappa shape index (κ2) is 10.4. The van der Waals surface area contributed by atoms with Crippen LogP contribution in [0.4, 0.5) is 10.5 Å². The van der Waals surface area contributed by atoms with E-state index in [4.69, 9.17) is 4.74 Å². The van der Waals surface area contributed by atoms with Crippen molar-refractivity contribution in [3.63, 3.8) is 0 Å². The lowest BCUT2D eigenvalue weighted by molar-refractivity contribution is -0.152. The lowest BCUT2D eigenvalue weighted by Gasteiger charge is -2.17. The second-order valence-corrected chi connectivity index (χ2v) is 7.25. The van der Waals surface area contributed by atoms with Gasteiger partial charge in [0.2, 0.25) is 5.91 Å². The minimum absolute atomic E-state index is 0.0214. The number of carbonyl (C=O) groups is 4. The molecule has 2 aromatic rings. The molecule has 8 nitrogen and oxygen atoms in total. The van der Waals surface area contributed by atoms with E-state index in [9.17, 15) is 19.2 Å². The fourth-order valence-corrected chi connectivity index (χ4v) is 3.27. The maximum absolute atomic E-state index is 12.3. The van der Waals surface area contributed by atoms with E-state index in [0.717, 1.165) is 23.2 Å². The normalized spacial score (nSPS) is 15.5. The molecule has 0 aromatic heterocycles. The van der Waals surface area contributed by atoms with Gasteiger partial charge in [-0.2, -0.15) is 0 Å². The highest BCUT2D eigenvalue weighted by Crippen LogP contribution is 2.26. The van der Waals surface area contributed by atoms with E-state index >= 15 is 0 Å². The van der Waals surface area contributed by atoms with E-state index in [1.54, 1.807) is 4.90 Å². The Labute approximate surface area is 180 Å². The van der Waals surface area contributed by atoms with Crippen LogP contribution in [0.3, 0.4) is 0 Å². The number of nitrogens with zero attached hydrogens (tertiary/aromatic N) is 1. The van der Waals surface area contributed by atoms with Gasteiger partial charge < -0.3 is 15.0 Å². The molecule has 0 bridgehead atoms. The molecule has 0 saturated carbocycles. The van der Waals surface area contributed by atoms with Gasteiger partial charge in [0.1, 0.15) is 0 Å². The molecule has 1 fully saturated rings. The van der Waals surface area contributed by atoms with Crippen molar-refractivity contribution in [1.29, 1.82) is 0 Å². The first-order valence-electron chi connectivity index (χ1n) is 10.1. The highest BCUT2D eigenvalue weighted by Gasteiger charge is 2.36. The van der Waals surface area contributed by atoms with Crippen LogP contribution in [0.25, 0.3) is 0 Å². The maximum Gasteiger partial charge on any atom is 0.321 e. The molecule has 4 amide bonds. The number of esters is 1. The Kier molecular flexibility index (Phi) is 7.37. The van der Waals surface area contributed by atoms with E-state index in [-0.39, 0.29) is 25.4 Å². The Morgan fingerprint density at radius 3 is 2.42 bits per heavy atom. The Morgan fingerprint density at radius 2 is 1.74 bits per heavy atom. The largest absolute Gasteiger partial charge is 0.455 e. The number of ether oxygens (including phenoxy) is 1. The molecule has 0 aliphatic carbocycles. The van der Waals surface area contributed by atoms with Gasteiger partial charge in [-0.25, -0.2) is 4.79 Å². The third kappa shape index (κ3) is 6.15. The van der Waals surface area contributed by atoms with Crippen molar-refractivity contribution in [2.45, 2.75) is 26.3 Å². The molecular weight excluding hydrogens is 398 g/mol. The number of rotatable bonds is 7. The summed E-state index contributed by atoms with van der Waals surface area (Å²) in [5.74, 6) is -2.20. The van der Waals surface area contributed by atoms with Gasteiger partial charge in [-0.3, -0.25) is 19.7 Å². The molecule has 8 heteroatoms. The predicted octanol–water partition coefficient (Wildman–Crippen LogP) is 2.17. The third-order valence-corrected chi connectivity index (χ3v) is 5.01. The summed E-state index contributed by atoms with van der Waals surface area (Å²) in [6, 6.07) is 16.1. The average molecular weight is 423 g/mol. The van der Waals surface area contributed by atoms with E-state index in [1.165, 1.54) is 0 Å². The van der Waals surface area contributed by atoms with Crippen LogP contribution in [0.1, 0.15) is 24.5 Å². The number of anilines is 1. The zero-order valence-electron chi connectivity index (χ0n) is 17.3. The number of urea groups is 1. The number of aryl methyl sites for hydroxylation is 1. The second-order valence-electron chi connectivity index (χ2n) is 7.25. The molecule has 1 saturated heterocycles. The van der Waals surface area contributed by atoms with Gasteiger partial charge in [-0.05, 0) is 29.7 Å². The average Bonchev–Trinajstić information content (AvgIpc) is 3.18. The van der Waals surface area contributed by atoms with Crippen molar-refractivity contribution in [3.05, 3.63) is 65.7 Å². The van der Waals surface area contributed by atoms with Crippen molar-refractivity contribution in [3.8, 4) is 0 Å². The molecule has 2 N–H and O–H groups in total. The van der Waals surface area contributed by atoms with Gasteiger partial charge in [0.05, 0.1) is 5.92 Å². The van der Waals surface area contributed by atoms with E-state index < -0.39 is 30.4 Å². The van der Waals surface area contributed by atoms with Crippen LogP contribution in [0.15, 0.2) is 54.6 Å². The number of nitrogens with one attached hydrogen (secondary N) is 2. The number of amides is 4. The van der Waals surface area contributed by atoms with Crippen molar-refractivity contribution >= 4 is 29.5 Å². The molecule has 0 spiro atoms. The zero-order chi connectivity index (χ0) is 22.2. The number of imide groups is 1. The first-order chi connectivity index (χ1) is 15.0. The number of benzene rings is 2. The number of hydrogen-bond donors (Lipinski definition) is 2. The monoisotopic (exact) mass is 423 g/mol. The van der Waals surface area contributed by atoms with E-state index in [1.807, 2.05) is 61.5 Å². The first-order valence-corrected chi connectivity index (χ1v) is 10.1. The SMILES string of the molecule is CCc1ccc(N2C[C@@H](C(=O)OCC(=O)NC(=O)NCc3ccccc3)CC2=O)cc1. The summed E-state index contributed by atoms with van der Waals surface area (Å²) in [4.78, 5) is 49.8. The Hall–Kier alpha value is -3.68. The van der Waals surface area contributed by atoms with Crippen molar-refractivity contribution in [2.24, 2.45) is 5.92 Å². The van der Waals surface area contributed by atoms with Crippen LogP contribution in [-0.2, 0) is 32.1 Å². The van der Waals surface area contributed by atoms with Crippen LogP contribution in [-0.4, -0.2) is 37.0 Å². The summed E-state index contributed by atoms with van der Waals surface area (Å²) in [6.07, 6.45) is 0.920. The quantitative estimate of drug-likeness (QED) is 0.664. The molecule has 31 heavy (non-hydrogen) atoms. The first kappa shape index (κ1) is 22.0. The van der Waals surface area contributed by atoms with Crippen LogP contribution < -0.4 is 15.5 Å². The Bertz CT molecular complexity index is 943. The van der Waals surface area contributed by atoms with Crippen LogP contribution in [0.2, 0.25) is 0 Å². The highest BCUT2D eigenvalue weighted by molar-refractivity contribution is 6.00. The maximum atomic E-state index is 12.3. The van der Waals surface area contributed by atoms with Gasteiger partial charge >= 0.3 is 12.0 Å². The Balaban J connectivity index is 1.42. The molecule has 1 atom stereocenters. The highest BCUT2D eigenvalue weighted by atomic mass is 16.5. The molecule has 1 aliphatic heterocycles. The van der Waals surface area contributed by atoms with Crippen molar-refractivity contribution < 1.29 is 23.9 Å². The molecule has 3 rings (SSSR count). The zero-order valence-corrected chi connectivity index (χ0v) is 17.3. The molecular formula is C23H25N3O5. The minimum atomic E-state index is -0.741. The van der Waals surface area contributed by atoms with Crippen LogP contribution in [0, 0.1) is 5.92 Å². The summed E-state index contributed by atoms with van der Waals surface area (Å²) in [6.45, 7) is 1.92. The number of carbonyl (C=O) groups excluding carboxylic acids is 4. The molecule has 162 valence electrons. The van der Waals surface area contributed by atoms with E-state index in [0.29, 0.717) is 0 Å². The van der Waals surface area contributed by atoms with Gasteiger partial charge in [0, 0.05) is 25.2 Å². The summed E-state index contributed by atoms with van der Waals surface area (Å²) in [5.41, 5.74) is 2.77. The predicted molar refractivity (Wildman–Crippen MR) is 114 cm³/mol. The fraction of sp³-hybridized carbons (Fsp3) is 0.304. The van der Waals surface area contributed by atoms with Gasteiger partial charge in [0.15, 0.2) is 6.61 Å². The summed E-state index contributed by atoms with van der Waals surface area (Å²) < 4.78 is 5.01. The molecule has 0 radical (unpaired) electrons. The summed E-state index contributed by atoms with van der Waals surface area (Å²) in [5, 5.41) is 4.65. The van der Waals surface area contributed by atoms with Gasteiger partial charge in [-0.15, -0.1) is 0 Å². The van der Waals surface area contributed by atoms with Crippen LogP contribution >= 0.6 is 0 Å². The smallest absolute Gasteiger partial charge is 0.321 e. The fourth-order valence-electron chi connectivity index (χ4n) is 3.27. The Morgan fingerprint density at radius 1 is 1.03 bits per heavy atom. The summed E-state index contributed by atoms with van der Waals surface area (Å²) >= 11 is 0. The lowest BCUT2D eigenvalue weighted by atomic mass is 10.1.